The van der Waals surface area contributed by atoms with Gasteiger partial charge in [0.2, 0.25) is 15.9 Å². The minimum absolute atomic E-state index is 0.0595. The second-order valence-electron chi connectivity index (χ2n) is 4.29. The van der Waals surface area contributed by atoms with Gasteiger partial charge in [-0.1, -0.05) is 11.6 Å². The Hall–Kier alpha value is -1.15. The third kappa shape index (κ3) is 3.92. The summed E-state index contributed by atoms with van der Waals surface area (Å²) < 4.78 is 31.4. The topological polar surface area (TPSA) is 75.7 Å². The van der Waals surface area contributed by atoms with Crippen molar-refractivity contribution in [2.75, 3.05) is 32.8 Å². The highest BCUT2D eigenvalue weighted by atomic mass is 35.5. The van der Waals surface area contributed by atoms with Crippen molar-refractivity contribution in [3.05, 3.63) is 29.3 Å². The number of morpholine rings is 1. The van der Waals surface area contributed by atoms with E-state index >= 15 is 0 Å². The second-order valence-corrected chi connectivity index (χ2v) is 6.49. The zero-order valence-corrected chi connectivity index (χ0v) is 12.3. The van der Waals surface area contributed by atoms with Crippen molar-refractivity contribution < 1.29 is 17.9 Å². The van der Waals surface area contributed by atoms with Crippen LogP contribution in [0.2, 0.25) is 5.02 Å². The molecule has 0 bridgehead atoms. The molecule has 1 amide bonds. The standard InChI is InChI=1S/C12H15ClN2O4S/c13-10-1-3-11(4-2-10)20(17,18)14-5-6-15-7-8-19-9-12(15)16/h1-4,14H,5-9H2. The molecular formula is C12H15ClN2O4S. The molecule has 0 aliphatic carbocycles. The summed E-state index contributed by atoms with van der Waals surface area (Å²) in [6.45, 7) is 1.52. The quantitative estimate of drug-likeness (QED) is 0.856. The lowest BCUT2D eigenvalue weighted by Crippen LogP contribution is -2.45. The van der Waals surface area contributed by atoms with Crippen molar-refractivity contribution in [2.45, 2.75) is 4.90 Å². The van der Waals surface area contributed by atoms with E-state index in [1.54, 1.807) is 4.90 Å². The predicted octanol–water partition coefficient (Wildman–Crippen LogP) is 0.477. The number of hydrogen-bond donors (Lipinski definition) is 1. The Morgan fingerprint density at radius 2 is 2.00 bits per heavy atom. The highest BCUT2D eigenvalue weighted by molar-refractivity contribution is 7.89. The lowest BCUT2D eigenvalue weighted by atomic mass is 10.4. The van der Waals surface area contributed by atoms with E-state index in [-0.39, 0.29) is 24.0 Å². The fraction of sp³-hybridized carbons (Fsp3) is 0.417. The van der Waals surface area contributed by atoms with Crippen molar-refractivity contribution in [1.82, 2.24) is 9.62 Å². The summed E-state index contributed by atoms with van der Waals surface area (Å²) >= 11 is 5.71. The average Bonchev–Trinajstić information content (AvgIpc) is 2.41. The highest BCUT2D eigenvalue weighted by Gasteiger charge is 2.19. The van der Waals surface area contributed by atoms with Crippen molar-refractivity contribution in [2.24, 2.45) is 0 Å². The predicted molar refractivity (Wildman–Crippen MR) is 74.0 cm³/mol. The number of amides is 1. The van der Waals surface area contributed by atoms with Crippen molar-refractivity contribution >= 4 is 27.5 Å². The van der Waals surface area contributed by atoms with Gasteiger partial charge in [0, 0.05) is 24.7 Å². The molecule has 1 aliphatic heterocycles. The molecule has 8 heteroatoms. The van der Waals surface area contributed by atoms with Gasteiger partial charge in [0.15, 0.2) is 0 Å². The number of carbonyl (C=O) groups is 1. The molecule has 20 heavy (non-hydrogen) atoms. The zero-order chi connectivity index (χ0) is 14.6. The summed E-state index contributed by atoms with van der Waals surface area (Å²) in [5.41, 5.74) is 0. The van der Waals surface area contributed by atoms with Crippen LogP contribution in [0.3, 0.4) is 0 Å². The smallest absolute Gasteiger partial charge is 0.248 e. The van der Waals surface area contributed by atoms with E-state index in [1.807, 2.05) is 0 Å². The van der Waals surface area contributed by atoms with E-state index in [1.165, 1.54) is 24.3 Å². The molecule has 1 aliphatic rings. The maximum atomic E-state index is 12.0. The SMILES string of the molecule is O=C1COCCN1CCNS(=O)(=O)c1ccc(Cl)cc1. The minimum atomic E-state index is -3.57. The van der Waals surface area contributed by atoms with Crippen molar-refractivity contribution in [3.63, 3.8) is 0 Å². The summed E-state index contributed by atoms with van der Waals surface area (Å²) in [5.74, 6) is -0.123. The van der Waals surface area contributed by atoms with Gasteiger partial charge in [-0.15, -0.1) is 0 Å². The molecule has 1 N–H and O–H groups in total. The molecule has 0 saturated carbocycles. The Morgan fingerprint density at radius 1 is 1.30 bits per heavy atom. The maximum Gasteiger partial charge on any atom is 0.248 e. The van der Waals surface area contributed by atoms with Gasteiger partial charge in [0.1, 0.15) is 6.61 Å². The minimum Gasteiger partial charge on any atom is -0.370 e. The van der Waals surface area contributed by atoms with Gasteiger partial charge in [-0.2, -0.15) is 0 Å². The molecule has 0 radical (unpaired) electrons. The lowest BCUT2D eigenvalue weighted by molar-refractivity contribution is -0.142. The third-order valence-electron chi connectivity index (χ3n) is 2.88. The Balaban J connectivity index is 1.89. The molecule has 1 heterocycles. The number of benzene rings is 1. The van der Waals surface area contributed by atoms with Crippen LogP contribution in [0.4, 0.5) is 0 Å². The first-order chi connectivity index (χ1) is 9.49. The molecule has 0 atom stereocenters. The highest BCUT2D eigenvalue weighted by Crippen LogP contribution is 2.13. The van der Waals surface area contributed by atoms with Gasteiger partial charge < -0.3 is 9.64 Å². The van der Waals surface area contributed by atoms with E-state index in [2.05, 4.69) is 4.72 Å². The van der Waals surface area contributed by atoms with Gasteiger partial charge >= 0.3 is 0 Å². The Bertz CT molecular complexity index is 574. The normalized spacial score (nSPS) is 16.4. The largest absolute Gasteiger partial charge is 0.370 e. The number of rotatable bonds is 5. The molecule has 6 nitrogen and oxygen atoms in total. The number of sulfonamides is 1. The fourth-order valence-electron chi connectivity index (χ4n) is 1.80. The lowest BCUT2D eigenvalue weighted by Gasteiger charge is -2.26. The van der Waals surface area contributed by atoms with Crippen LogP contribution in [-0.2, 0) is 19.6 Å². The third-order valence-corrected chi connectivity index (χ3v) is 4.61. The summed E-state index contributed by atoms with van der Waals surface area (Å²) in [6, 6.07) is 5.90. The van der Waals surface area contributed by atoms with Crippen LogP contribution in [0.1, 0.15) is 0 Å². The molecule has 1 aromatic carbocycles. The first kappa shape index (κ1) is 15.2. The van der Waals surface area contributed by atoms with Crippen LogP contribution in [0.5, 0.6) is 0 Å². The van der Waals surface area contributed by atoms with E-state index in [0.29, 0.717) is 24.7 Å². The van der Waals surface area contributed by atoms with Crippen molar-refractivity contribution in [3.8, 4) is 0 Å². The van der Waals surface area contributed by atoms with Gasteiger partial charge in [-0.3, -0.25) is 4.79 Å². The summed E-state index contributed by atoms with van der Waals surface area (Å²) in [4.78, 5) is 13.2. The van der Waals surface area contributed by atoms with Crippen LogP contribution in [0.25, 0.3) is 0 Å². The van der Waals surface area contributed by atoms with Crippen molar-refractivity contribution in [1.29, 1.82) is 0 Å². The molecule has 110 valence electrons. The van der Waals surface area contributed by atoms with Crippen LogP contribution in [0, 0.1) is 0 Å². The molecule has 0 spiro atoms. The summed E-state index contributed by atoms with van der Waals surface area (Å²) in [5, 5.41) is 0.475. The Labute approximate surface area is 122 Å². The molecule has 1 fully saturated rings. The first-order valence-electron chi connectivity index (χ1n) is 6.10. The van der Waals surface area contributed by atoms with Crippen LogP contribution < -0.4 is 4.72 Å². The van der Waals surface area contributed by atoms with Crippen LogP contribution >= 0.6 is 11.6 Å². The summed E-state index contributed by atoms with van der Waals surface area (Å²) in [7, 11) is -3.57. The fourth-order valence-corrected chi connectivity index (χ4v) is 2.95. The van der Waals surface area contributed by atoms with E-state index < -0.39 is 10.0 Å². The number of nitrogens with one attached hydrogen (secondary N) is 1. The molecule has 1 aromatic rings. The molecular weight excluding hydrogens is 304 g/mol. The Morgan fingerprint density at radius 3 is 2.65 bits per heavy atom. The molecule has 1 saturated heterocycles. The van der Waals surface area contributed by atoms with Gasteiger partial charge in [-0.25, -0.2) is 13.1 Å². The number of nitrogens with zero attached hydrogens (tertiary/aromatic N) is 1. The monoisotopic (exact) mass is 318 g/mol. The molecule has 0 aromatic heterocycles. The summed E-state index contributed by atoms with van der Waals surface area (Å²) in [6.07, 6.45) is 0. The maximum absolute atomic E-state index is 12.0. The number of ether oxygens (including phenoxy) is 1. The van der Waals surface area contributed by atoms with E-state index in [0.717, 1.165) is 0 Å². The average molecular weight is 319 g/mol. The van der Waals surface area contributed by atoms with Gasteiger partial charge in [0.25, 0.3) is 0 Å². The number of halogens is 1. The molecule has 0 unspecified atom stereocenters. The molecule has 2 rings (SSSR count). The number of carbonyl (C=O) groups excluding carboxylic acids is 1. The van der Waals surface area contributed by atoms with E-state index in [4.69, 9.17) is 16.3 Å². The van der Waals surface area contributed by atoms with Gasteiger partial charge in [0.05, 0.1) is 11.5 Å². The number of hydrogen-bond acceptors (Lipinski definition) is 4. The van der Waals surface area contributed by atoms with E-state index in [9.17, 15) is 13.2 Å². The first-order valence-corrected chi connectivity index (χ1v) is 7.96. The van der Waals surface area contributed by atoms with Crippen LogP contribution in [-0.4, -0.2) is 52.1 Å². The van der Waals surface area contributed by atoms with Crippen LogP contribution in [0.15, 0.2) is 29.2 Å². The zero-order valence-electron chi connectivity index (χ0n) is 10.7. The Kier molecular flexibility index (Phi) is 4.98. The van der Waals surface area contributed by atoms with Gasteiger partial charge in [-0.05, 0) is 24.3 Å². The second kappa shape index (κ2) is 6.53.